The smallest absolute Gasteiger partial charge is 0.223 e. The van der Waals surface area contributed by atoms with E-state index in [1.54, 1.807) is 6.07 Å². The number of carbonyl (C=O) groups excluding carboxylic acids is 1. The summed E-state index contributed by atoms with van der Waals surface area (Å²) in [7, 11) is -2.93. The van der Waals surface area contributed by atoms with E-state index >= 15 is 0 Å². The molecule has 26 heavy (non-hydrogen) atoms. The van der Waals surface area contributed by atoms with Gasteiger partial charge in [0.15, 0.2) is 0 Å². The predicted molar refractivity (Wildman–Crippen MR) is 98.1 cm³/mol. The molecule has 1 saturated carbocycles. The van der Waals surface area contributed by atoms with Crippen LogP contribution >= 0.6 is 0 Å². The van der Waals surface area contributed by atoms with Crippen LogP contribution in [-0.4, -0.2) is 38.9 Å². The van der Waals surface area contributed by atoms with Gasteiger partial charge in [0.25, 0.3) is 0 Å². The SMILES string of the molecule is O=C(NCc1c(F)cccc1N1CCCC1)C1CC12CCS(=O)(=O)CC2. The minimum absolute atomic E-state index is 0.0695. The third kappa shape index (κ3) is 3.33. The van der Waals surface area contributed by atoms with Crippen LogP contribution in [0.2, 0.25) is 0 Å². The van der Waals surface area contributed by atoms with Crippen molar-refractivity contribution in [1.82, 2.24) is 5.32 Å². The van der Waals surface area contributed by atoms with Crippen molar-refractivity contribution < 1.29 is 17.6 Å². The van der Waals surface area contributed by atoms with Crippen molar-refractivity contribution in [3.05, 3.63) is 29.6 Å². The molecule has 1 unspecified atom stereocenters. The maximum Gasteiger partial charge on any atom is 0.223 e. The Morgan fingerprint density at radius 1 is 1.23 bits per heavy atom. The highest BCUT2D eigenvalue weighted by Gasteiger charge is 2.59. The number of nitrogens with one attached hydrogen (secondary N) is 1. The third-order valence-corrected chi connectivity index (χ3v) is 7.96. The van der Waals surface area contributed by atoms with Crippen LogP contribution < -0.4 is 10.2 Å². The Morgan fingerprint density at radius 3 is 2.62 bits per heavy atom. The van der Waals surface area contributed by atoms with E-state index in [-0.39, 0.29) is 41.1 Å². The van der Waals surface area contributed by atoms with Crippen LogP contribution in [0.5, 0.6) is 0 Å². The fourth-order valence-corrected chi connectivity index (χ4v) is 6.13. The maximum atomic E-state index is 14.4. The van der Waals surface area contributed by atoms with E-state index in [9.17, 15) is 17.6 Å². The molecule has 0 aromatic heterocycles. The minimum atomic E-state index is -2.93. The van der Waals surface area contributed by atoms with E-state index in [0.717, 1.165) is 38.0 Å². The van der Waals surface area contributed by atoms with Crippen LogP contribution in [0.15, 0.2) is 18.2 Å². The molecule has 1 N–H and O–H groups in total. The van der Waals surface area contributed by atoms with Crippen LogP contribution in [0.25, 0.3) is 0 Å². The molecule has 1 aromatic rings. The zero-order valence-corrected chi connectivity index (χ0v) is 15.7. The quantitative estimate of drug-likeness (QED) is 0.870. The summed E-state index contributed by atoms with van der Waals surface area (Å²) >= 11 is 0. The highest BCUT2D eigenvalue weighted by Crippen LogP contribution is 2.59. The van der Waals surface area contributed by atoms with Crippen molar-refractivity contribution in [1.29, 1.82) is 0 Å². The van der Waals surface area contributed by atoms with Crippen molar-refractivity contribution in [3.8, 4) is 0 Å². The second kappa shape index (κ2) is 6.51. The summed E-state index contributed by atoms with van der Waals surface area (Å²) in [6, 6.07) is 5.07. The van der Waals surface area contributed by atoms with Gasteiger partial charge in [-0.3, -0.25) is 4.79 Å². The number of halogens is 1. The molecule has 1 aromatic carbocycles. The van der Waals surface area contributed by atoms with E-state index in [0.29, 0.717) is 18.4 Å². The van der Waals surface area contributed by atoms with Gasteiger partial charge >= 0.3 is 0 Å². The van der Waals surface area contributed by atoms with Gasteiger partial charge in [0.2, 0.25) is 5.91 Å². The van der Waals surface area contributed by atoms with E-state index in [1.165, 1.54) is 6.07 Å². The number of amides is 1. The van der Waals surface area contributed by atoms with Gasteiger partial charge in [-0.15, -0.1) is 0 Å². The molecule has 4 rings (SSSR count). The summed E-state index contributed by atoms with van der Waals surface area (Å²) in [6.45, 7) is 2.03. The lowest BCUT2D eigenvalue weighted by molar-refractivity contribution is -0.123. The van der Waals surface area contributed by atoms with Gasteiger partial charge in [-0.05, 0) is 49.7 Å². The zero-order valence-electron chi connectivity index (χ0n) is 14.8. The number of sulfone groups is 1. The average Bonchev–Trinajstić information content (AvgIpc) is 3.05. The van der Waals surface area contributed by atoms with Crippen LogP contribution in [0.1, 0.15) is 37.7 Å². The molecule has 1 aliphatic carbocycles. The summed E-state index contributed by atoms with van der Waals surface area (Å²) in [5.41, 5.74) is 1.28. The second-order valence-electron chi connectivity index (χ2n) is 7.92. The molecule has 7 heteroatoms. The van der Waals surface area contributed by atoms with Gasteiger partial charge in [0.1, 0.15) is 15.7 Å². The monoisotopic (exact) mass is 380 g/mol. The summed E-state index contributed by atoms with van der Waals surface area (Å²) < 4.78 is 37.6. The van der Waals surface area contributed by atoms with E-state index in [2.05, 4.69) is 10.2 Å². The Morgan fingerprint density at radius 2 is 1.92 bits per heavy atom. The molecule has 3 aliphatic rings. The molecular weight excluding hydrogens is 355 g/mol. The number of hydrogen-bond donors (Lipinski definition) is 1. The number of hydrogen-bond acceptors (Lipinski definition) is 4. The lowest BCUT2D eigenvalue weighted by Gasteiger charge is -2.23. The highest BCUT2D eigenvalue weighted by molar-refractivity contribution is 7.91. The van der Waals surface area contributed by atoms with Crippen molar-refractivity contribution in [3.63, 3.8) is 0 Å². The Hall–Kier alpha value is -1.63. The number of carbonyl (C=O) groups is 1. The molecule has 0 bridgehead atoms. The Balaban J connectivity index is 1.40. The Bertz CT molecular complexity index is 804. The number of benzene rings is 1. The normalized spacial score (nSPS) is 26.0. The van der Waals surface area contributed by atoms with E-state index in [4.69, 9.17) is 0 Å². The van der Waals surface area contributed by atoms with Crippen molar-refractivity contribution in [2.75, 3.05) is 29.5 Å². The van der Waals surface area contributed by atoms with Crippen molar-refractivity contribution >= 4 is 21.4 Å². The molecule has 1 spiro atoms. The lowest BCUT2D eigenvalue weighted by atomic mass is 9.96. The van der Waals surface area contributed by atoms with Crippen LogP contribution in [0.3, 0.4) is 0 Å². The lowest BCUT2D eigenvalue weighted by Crippen LogP contribution is -2.32. The molecule has 1 atom stereocenters. The van der Waals surface area contributed by atoms with Gasteiger partial charge in [-0.1, -0.05) is 6.07 Å². The number of anilines is 1. The first-order valence-corrected chi connectivity index (χ1v) is 11.2. The first-order chi connectivity index (χ1) is 12.4. The third-order valence-electron chi connectivity index (χ3n) is 6.31. The van der Waals surface area contributed by atoms with Crippen molar-refractivity contribution in [2.24, 2.45) is 11.3 Å². The molecule has 3 fully saturated rings. The standard InChI is InChI=1S/C19H25FN2O3S/c20-16-4-3-5-17(22-8-1-2-9-22)14(16)13-21-18(23)15-12-19(15)6-10-26(24,25)11-7-19/h3-5,15H,1-2,6-13H2,(H,21,23). The average molecular weight is 380 g/mol. The van der Waals surface area contributed by atoms with E-state index < -0.39 is 9.84 Å². The summed E-state index contributed by atoms with van der Waals surface area (Å²) in [5.74, 6) is -0.115. The number of rotatable bonds is 4. The number of nitrogens with zero attached hydrogens (tertiary/aromatic N) is 1. The first-order valence-electron chi connectivity index (χ1n) is 9.41. The largest absolute Gasteiger partial charge is 0.371 e. The van der Waals surface area contributed by atoms with Gasteiger partial charge < -0.3 is 10.2 Å². The van der Waals surface area contributed by atoms with Crippen LogP contribution in [0, 0.1) is 17.2 Å². The topological polar surface area (TPSA) is 66.5 Å². The fraction of sp³-hybridized carbons (Fsp3) is 0.632. The Labute approximate surface area is 153 Å². The molecular formula is C19H25FN2O3S. The first kappa shape index (κ1) is 17.8. The zero-order chi connectivity index (χ0) is 18.4. The summed E-state index contributed by atoms with van der Waals surface area (Å²) in [5, 5.41) is 2.90. The molecule has 2 heterocycles. The predicted octanol–water partition coefficient (Wildman–Crippen LogP) is 2.26. The van der Waals surface area contributed by atoms with Gasteiger partial charge in [-0.2, -0.15) is 0 Å². The van der Waals surface area contributed by atoms with Gasteiger partial charge in [-0.25, -0.2) is 12.8 Å². The minimum Gasteiger partial charge on any atom is -0.371 e. The summed E-state index contributed by atoms with van der Waals surface area (Å²) in [4.78, 5) is 14.7. The molecule has 5 nitrogen and oxygen atoms in total. The van der Waals surface area contributed by atoms with Crippen molar-refractivity contribution in [2.45, 2.75) is 38.6 Å². The molecule has 1 amide bonds. The van der Waals surface area contributed by atoms with Gasteiger partial charge in [0.05, 0.1) is 11.5 Å². The molecule has 2 aliphatic heterocycles. The van der Waals surface area contributed by atoms with Crippen LogP contribution in [-0.2, 0) is 21.2 Å². The van der Waals surface area contributed by atoms with Gasteiger partial charge in [0, 0.05) is 36.8 Å². The second-order valence-corrected chi connectivity index (χ2v) is 10.2. The maximum absolute atomic E-state index is 14.4. The highest BCUT2D eigenvalue weighted by atomic mass is 32.2. The Kier molecular flexibility index (Phi) is 4.45. The summed E-state index contributed by atoms with van der Waals surface area (Å²) in [6.07, 6.45) is 4.12. The van der Waals surface area contributed by atoms with E-state index in [1.807, 2.05) is 6.07 Å². The van der Waals surface area contributed by atoms with Crippen LogP contribution in [0.4, 0.5) is 10.1 Å². The molecule has 2 saturated heterocycles. The molecule has 142 valence electrons. The fourth-order valence-electron chi connectivity index (χ4n) is 4.49. The molecule has 0 radical (unpaired) electrons.